The fourth-order valence-corrected chi connectivity index (χ4v) is 1.67. The maximum atomic E-state index is 8.69. The molecule has 0 amide bonds. The first-order chi connectivity index (χ1) is 5.83. The third-order valence-corrected chi connectivity index (χ3v) is 2.48. The van der Waals surface area contributed by atoms with Gasteiger partial charge in [-0.25, -0.2) is 0 Å². The lowest BCUT2D eigenvalue weighted by Crippen LogP contribution is -2.27. The molecule has 3 heteroatoms. The second kappa shape index (κ2) is 5.51. The van der Waals surface area contributed by atoms with E-state index in [0.717, 1.165) is 19.4 Å². The van der Waals surface area contributed by atoms with E-state index in [-0.39, 0.29) is 12.6 Å². The van der Waals surface area contributed by atoms with Crippen LogP contribution in [0.2, 0.25) is 0 Å². The number of nitrogens with two attached hydrogens (primary N) is 1. The molecular formula is C9H20N2O. The number of aliphatic hydroxyl groups excluding tert-OH is 1. The van der Waals surface area contributed by atoms with Gasteiger partial charge in [0.25, 0.3) is 0 Å². The molecule has 1 aliphatic heterocycles. The summed E-state index contributed by atoms with van der Waals surface area (Å²) < 4.78 is 0. The van der Waals surface area contributed by atoms with E-state index < -0.39 is 0 Å². The summed E-state index contributed by atoms with van der Waals surface area (Å²) in [7, 11) is 0. The molecule has 0 aromatic carbocycles. The second-order valence-corrected chi connectivity index (χ2v) is 3.63. The van der Waals surface area contributed by atoms with E-state index in [1.807, 2.05) is 0 Å². The summed E-state index contributed by atoms with van der Waals surface area (Å²) in [5.74, 6) is 0. The van der Waals surface area contributed by atoms with E-state index in [4.69, 9.17) is 10.8 Å². The average molecular weight is 172 g/mol. The topological polar surface area (TPSA) is 49.5 Å². The van der Waals surface area contributed by atoms with E-state index in [1.165, 1.54) is 25.9 Å². The normalized spacial score (nSPS) is 21.5. The molecule has 0 radical (unpaired) electrons. The fraction of sp³-hybridized carbons (Fsp3) is 1.00. The quantitative estimate of drug-likeness (QED) is 0.622. The minimum atomic E-state index is -0.00685. The number of hydrogen-bond donors (Lipinski definition) is 2. The third kappa shape index (κ3) is 3.52. The van der Waals surface area contributed by atoms with Gasteiger partial charge in [-0.3, -0.25) is 0 Å². The Balaban J connectivity index is 1.94. The Labute approximate surface area is 74.5 Å². The standard InChI is InChI=1S/C9H20N2O/c10-9(8-12)4-3-7-11-5-1-2-6-11/h9,12H,1-8,10H2/t9-/m1/s1. The van der Waals surface area contributed by atoms with E-state index in [9.17, 15) is 0 Å². The Morgan fingerprint density at radius 1 is 1.33 bits per heavy atom. The fourth-order valence-electron chi connectivity index (χ4n) is 1.67. The molecule has 1 rings (SSSR count). The minimum absolute atomic E-state index is 0.00685. The van der Waals surface area contributed by atoms with Gasteiger partial charge in [0.2, 0.25) is 0 Å². The molecule has 1 aliphatic rings. The molecule has 0 unspecified atom stereocenters. The van der Waals surface area contributed by atoms with E-state index in [1.54, 1.807) is 0 Å². The summed E-state index contributed by atoms with van der Waals surface area (Å²) in [6.45, 7) is 3.80. The number of likely N-dealkylation sites (tertiary alicyclic amines) is 1. The Hall–Kier alpha value is -0.120. The van der Waals surface area contributed by atoms with Gasteiger partial charge in [-0.05, 0) is 45.3 Å². The van der Waals surface area contributed by atoms with Crippen LogP contribution in [-0.2, 0) is 0 Å². The van der Waals surface area contributed by atoms with Crippen molar-refractivity contribution in [1.29, 1.82) is 0 Å². The van der Waals surface area contributed by atoms with Crippen LogP contribution in [0.5, 0.6) is 0 Å². The predicted molar refractivity (Wildman–Crippen MR) is 50.0 cm³/mol. The number of rotatable bonds is 5. The summed E-state index contributed by atoms with van der Waals surface area (Å²) in [5.41, 5.74) is 5.59. The average Bonchev–Trinajstić information content (AvgIpc) is 2.57. The highest BCUT2D eigenvalue weighted by atomic mass is 16.3. The third-order valence-electron chi connectivity index (χ3n) is 2.48. The number of hydrogen-bond acceptors (Lipinski definition) is 3. The Morgan fingerprint density at radius 2 is 2.00 bits per heavy atom. The van der Waals surface area contributed by atoms with Crippen molar-refractivity contribution in [2.45, 2.75) is 31.7 Å². The molecular weight excluding hydrogens is 152 g/mol. The lowest BCUT2D eigenvalue weighted by Gasteiger charge is -2.15. The van der Waals surface area contributed by atoms with Crippen molar-refractivity contribution >= 4 is 0 Å². The monoisotopic (exact) mass is 172 g/mol. The molecule has 1 heterocycles. The van der Waals surface area contributed by atoms with Gasteiger partial charge in [-0.2, -0.15) is 0 Å². The van der Waals surface area contributed by atoms with E-state index in [2.05, 4.69) is 4.90 Å². The predicted octanol–water partition coefficient (Wildman–Crippen LogP) is 0.182. The van der Waals surface area contributed by atoms with Gasteiger partial charge in [0.05, 0.1) is 6.61 Å². The minimum Gasteiger partial charge on any atom is -0.395 e. The Kier molecular flexibility index (Phi) is 4.58. The summed E-state index contributed by atoms with van der Waals surface area (Å²) in [5, 5.41) is 8.69. The van der Waals surface area contributed by atoms with Gasteiger partial charge >= 0.3 is 0 Å². The van der Waals surface area contributed by atoms with Crippen LogP contribution in [0.1, 0.15) is 25.7 Å². The van der Waals surface area contributed by atoms with Crippen LogP contribution in [0.15, 0.2) is 0 Å². The lowest BCUT2D eigenvalue weighted by atomic mass is 10.2. The van der Waals surface area contributed by atoms with Gasteiger partial charge < -0.3 is 15.7 Å². The van der Waals surface area contributed by atoms with Crippen molar-refractivity contribution in [2.24, 2.45) is 5.73 Å². The molecule has 0 saturated carbocycles. The van der Waals surface area contributed by atoms with E-state index >= 15 is 0 Å². The summed E-state index contributed by atoms with van der Waals surface area (Å²) >= 11 is 0. The zero-order valence-electron chi connectivity index (χ0n) is 7.71. The van der Waals surface area contributed by atoms with Crippen LogP contribution in [0, 0.1) is 0 Å². The van der Waals surface area contributed by atoms with Crippen molar-refractivity contribution in [3.8, 4) is 0 Å². The SMILES string of the molecule is N[C@@H](CO)CCCN1CCCC1. The van der Waals surface area contributed by atoms with Crippen molar-refractivity contribution < 1.29 is 5.11 Å². The highest BCUT2D eigenvalue weighted by Crippen LogP contribution is 2.08. The second-order valence-electron chi connectivity index (χ2n) is 3.63. The van der Waals surface area contributed by atoms with Crippen molar-refractivity contribution in [3.63, 3.8) is 0 Å². The molecule has 12 heavy (non-hydrogen) atoms. The Bertz CT molecular complexity index is 113. The molecule has 0 aliphatic carbocycles. The summed E-state index contributed by atoms with van der Waals surface area (Å²) in [6, 6.07) is -0.00685. The molecule has 0 aromatic heterocycles. The van der Waals surface area contributed by atoms with Crippen LogP contribution in [0.4, 0.5) is 0 Å². The molecule has 1 atom stereocenters. The highest BCUT2D eigenvalue weighted by Gasteiger charge is 2.10. The molecule has 0 spiro atoms. The summed E-state index contributed by atoms with van der Waals surface area (Å²) in [6.07, 6.45) is 4.78. The number of nitrogens with zero attached hydrogens (tertiary/aromatic N) is 1. The van der Waals surface area contributed by atoms with Crippen LogP contribution >= 0.6 is 0 Å². The lowest BCUT2D eigenvalue weighted by molar-refractivity contribution is 0.249. The van der Waals surface area contributed by atoms with E-state index in [0.29, 0.717) is 0 Å². The van der Waals surface area contributed by atoms with Crippen LogP contribution in [-0.4, -0.2) is 42.3 Å². The van der Waals surface area contributed by atoms with Crippen molar-refractivity contribution in [1.82, 2.24) is 4.90 Å². The zero-order valence-corrected chi connectivity index (χ0v) is 7.71. The van der Waals surface area contributed by atoms with Crippen LogP contribution in [0.3, 0.4) is 0 Å². The van der Waals surface area contributed by atoms with Crippen molar-refractivity contribution in [2.75, 3.05) is 26.2 Å². The number of aliphatic hydroxyl groups is 1. The first-order valence-corrected chi connectivity index (χ1v) is 4.91. The molecule has 3 N–H and O–H groups in total. The van der Waals surface area contributed by atoms with Crippen molar-refractivity contribution in [3.05, 3.63) is 0 Å². The Morgan fingerprint density at radius 3 is 2.58 bits per heavy atom. The van der Waals surface area contributed by atoms with Crippen LogP contribution in [0.25, 0.3) is 0 Å². The van der Waals surface area contributed by atoms with Gasteiger partial charge in [-0.1, -0.05) is 0 Å². The molecule has 0 bridgehead atoms. The van der Waals surface area contributed by atoms with Gasteiger partial charge in [0, 0.05) is 6.04 Å². The molecule has 1 saturated heterocycles. The molecule has 0 aromatic rings. The highest BCUT2D eigenvalue weighted by molar-refractivity contribution is 4.67. The maximum absolute atomic E-state index is 8.69. The molecule has 1 fully saturated rings. The van der Waals surface area contributed by atoms with Crippen LogP contribution < -0.4 is 5.73 Å². The molecule has 3 nitrogen and oxygen atoms in total. The zero-order chi connectivity index (χ0) is 8.81. The summed E-state index contributed by atoms with van der Waals surface area (Å²) in [4.78, 5) is 2.48. The largest absolute Gasteiger partial charge is 0.395 e. The van der Waals surface area contributed by atoms with Gasteiger partial charge in [-0.15, -0.1) is 0 Å². The first kappa shape index (κ1) is 9.96. The van der Waals surface area contributed by atoms with Gasteiger partial charge in [0.15, 0.2) is 0 Å². The maximum Gasteiger partial charge on any atom is 0.0582 e. The first-order valence-electron chi connectivity index (χ1n) is 4.91. The smallest absolute Gasteiger partial charge is 0.0582 e. The van der Waals surface area contributed by atoms with Gasteiger partial charge in [0.1, 0.15) is 0 Å². The molecule has 72 valence electrons.